The van der Waals surface area contributed by atoms with Gasteiger partial charge in [0.05, 0.1) is 6.04 Å². The number of thioether (sulfide) groups is 1. The molecule has 0 aromatic heterocycles. The first-order valence-corrected chi connectivity index (χ1v) is 5.96. The molecular formula is C11H17ClN2OS. The highest BCUT2D eigenvalue weighted by Crippen LogP contribution is 2.19. The molecule has 1 rings (SSSR count). The first-order valence-electron chi connectivity index (χ1n) is 4.73. The van der Waals surface area contributed by atoms with Crippen LogP contribution in [0.25, 0.3) is 0 Å². The molecule has 2 N–H and O–H groups in total. The molecule has 1 aromatic carbocycles. The molecule has 90 valence electrons. The lowest BCUT2D eigenvalue weighted by atomic mass is 10.2. The fraction of sp³-hybridized carbons (Fsp3) is 0.364. The molecule has 0 saturated carbocycles. The van der Waals surface area contributed by atoms with Gasteiger partial charge in [0, 0.05) is 17.6 Å². The molecule has 16 heavy (non-hydrogen) atoms. The second-order valence-corrected chi connectivity index (χ2v) is 4.26. The van der Waals surface area contributed by atoms with Crippen LogP contribution in [0, 0.1) is 0 Å². The highest BCUT2D eigenvalue weighted by atomic mass is 35.5. The Labute approximate surface area is 107 Å². The molecule has 0 aliphatic carbocycles. The van der Waals surface area contributed by atoms with Crippen LogP contribution in [0.1, 0.15) is 6.92 Å². The van der Waals surface area contributed by atoms with E-state index in [9.17, 15) is 4.79 Å². The van der Waals surface area contributed by atoms with Crippen molar-refractivity contribution in [3.05, 3.63) is 24.3 Å². The van der Waals surface area contributed by atoms with Gasteiger partial charge in [-0.2, -0.15) is 0 Å². The van der Waals surface area contributed by atoms with Gasteiger partial charge in [0.2, 0.25) is 5.91 Å². The van der Waals surface area contributed by atoms with Crippen LogP contribution >= 0.6 is 24.2 Å². The van der Waals surface area contributed by atoms with Crippen LogP contribution in [0.15, 0.2) is 29.2 Å². The van der Waals surface area contributed by atoms with Gasteiger partial charge in [0.1, 0.15) is 0 Å². The predicted molar refractivity (Wildman–Crippen MR) is 72.5 cm³/mol. The minimum Gasteiger partial charge on any atom is -0.320 e. The fourth-order valence-corrected chi connectivity index (χ4v) is 1.65. The minimum absolute atomic E-state index is 0. The molecule has 0 aliphatic heterocycles. The molecule has 0 bridgehead atoms. The molecule has 1 amide bonds. The third-order valence-electron chi connectivity index (χ3n) is 2.18. The number of nitrogens with two attached hydrogens (primary N) is 1. The fourth-order valence-electron chi connectivity index (χ4n) is 1.24. The lowest BCUT2D eigenvalue weighted by molar-refractivity contribution is -0.119. The summed E-state index contributed by atoms with van der Waals surface area (Å²) in [6.45, 7) is 1.69. The lowest BCUT2D eigenvalue weighted by Crippen LogP contribution is -2.39. The molecular weight excluding hydrogens is 244 g/mol. The maximum absolute atomic E-state index is 11.6. The third-order valence-corrected chi connectivity index (χ3v) is 2.92. The molecule has 0 saturated heterocycles. The highest BCUT2D eigenvalue weighted by Gasteiger charge is 2.14. The predicted octanol–water partition coefficient (Wildman–Crippen LogP) is 2.14. The Morgan fingerprint density at radius 1 is 1.38 bits per heavy atom. The van der Waals surface area contributed by atoms with Gasteiger partial charge < -0.3 is 10.6 Å². The summed E-state index contributed by atoms with van der Waals surface area (Å²) in [6.07, 6.45) is 2.02. The number of halogens is 1. The third kappa shape index (κ3) is 3.70. The van der Waals surface area contributed by atoms with E-state index in [1.807, 2.05) is 30.5 Å². The van der Waals surface area contributed by atoms with Crippen molar-refractivity contribution < 1.29 is 4.79 Å². The highest BCUT2D eigenvalue weighted by molar-refractivity contribution is 7.98. The summed E-state index contributed by atoms with van der Waals surface area (Å²) in [5, 5.41) is 0. The van der Waals surface area contributed by atoms with Crippen LogP contribution < -0.4 is 10.6 Å². The van der Waals surface area contributed by atoms with E-state index in [1.54, 1.807) is 30.6 Å². The number of carbonyl (C=O) groups excluding carboxylic acids is 1. The molecule has 0 aliphatic rings. The Morgan fingerprint density at radius 2 is 1.88 bits per heavy atom. The second-order valence-electron chi connectivity index (χ2n) is 3.38. The van der Waals surface area contributed by atoms with Crippen LogP contribution in [-0.2, 0) is 4.79 Å². The van der Waals surface area contributed by atoms with Gasteiger partial charge >= 0.3 is 0 Å². The Morgan fingerprint density at radius 3 is 2.25 bits per heavy atom. The molecule has 0 spiro atoms. The zero-order valence-electron chi connectivity index (χ0n) is 9.64. The van der Waals surface area contributed by atoms with Crippen molar-refractivity contribution in [2.45, 2.75) is 17.9 Å². The van der Waals surface area contributed by atoms with Gasteiger partial charge in [0.15, 0.2) is 0 Å². The quantitative estimate of drug-likeness (QED) is 0.847. The average molecular weight is 261 g/mol. The van der Waals surface area contributed by atoms with Crippen LogP contribution in [0.4, 0.5) is 5.69 Å². The maximum Gasteiger partial charge on any atom is 0.243 e. The van der Waals surface area contributed by atoms with Crippen molar-refractivity contribution in [1.29, 1.82) is 0 Å². The smallest absolute Gasteiger partial charge is 0.243 e. The summed E-state index contributed by atoms with van der Waals surface area (Å²) in [5.41, 5.74) is 6.41. The molecule has 5 heteroatoms. The molecule has 0 radical (unpaired) electrons. The summed E-state index contributed by atoms with van der Waals surface area (Å²) in [4.78, 5) is 14.4. The van der Waals surface area contributed by atoms with Gasteiger partial charge in [-0.25, -0.2) is 0 Å². The zero-order valence-corrected chi connectivity index (χ0v) is 11.3. The largest absolute Gasteiger partial charge is 0.320 e. The number of rotatable bonds is 3. The minimum atomic E-state index is -0.463. The lowest BCUT2D eigenvalue weighted by Gasteiger charge is -2.19. The zero-order chi connectivity index (χ0) is 11.4. The molecule has 0 fully saturated rings. The van der Waals surface area contributed by atoms with Crippen LogP contribution in [0.5, 0.6) is 0 Å². The van der Waals surface area contributed by atoms with E-state index in [4.69, 9.17) is 5.73 Å². The summed E-state index contributed by atoms with van der Waals surface area (Å²) >= 11 is 1.68. The number of benzene rings is 1. The average Bonchev–Trinajstić information content (AvgIpc) is 2.27. The van der Waals surface area contributed by atoms with Crippen molar-refractivity contribution in [3.63, 3.8) is 0 Å². The number of amides is 1. The molecule has 3 nitrogen and oxygen atoms in total. The van der Waals surface area contributed by atoms with Crippen molar-refractivity contribution in [3.8, 4) is 0 Å². The van der Waals surface area contributed by atoms with Gasteiger partial charge in [0.25, 0.3) is 0 Å². The van der Waals surface area contributed by atoms with Crippen molar-refractivity contribution in [1.82, 2.24) is 0 Å². The molecule has 1 atom stereocenters. The summed E-state index contributed by atoms with van der Waals surface area (Å²) in [6, 6.07) is 7.36. The Balaban J connectivity index is 0.00000225. The summed E-state index contributed by atoms with van der Waals surface area (Å²) in [5.74, 6) is -0.0769. The van der Waals surface area contributed by atoms with E-state index in [2.05, 4.69) is 0 Å². The van der Waals surface area contributed by atoms with Crippen molar-refractivity contribution in [2.24, 2.45) is 5.73 Å². The SMILES string of the molecule is CSc1ccc(N(C)C(=O)[C@H](C)N)cc1.Cl. The van der Waals surface area contributed by atoms with E-state index in [0.29, 0.717) is 0 Å². The van der Waals surface area contributed by atoms with Gasteiger partial charge in [-0.1, -0.05) is 0 Å². The topological polar surface area (TPSA) is 46.3 Å². The van der Waals surface area contributed by atoms with Gasteiger partial charge in [-0.05, 0) is 37.4 Å². The van der Waals surface area contributed by atoms with Crippen molar-refractivity contribution in [2.75, 3.05) is 18.2 Å². The summed E-state index contributed by atoms with van der Waals surface area (Å²) < 4.78 is 0. The van der Waals surface area contributed by atoms with Crippen LogP contribution in [-0.4, -0.2) is 25.3 Å². The number of carbonyl (C=O) groups is 1. The Bertz CT molecular complexity index is 340. The standard InChI is InChI=1S/C11H16N2OS.ClH/c1-8(12)11(14)13(2)9-4-6-10(15-3)7-5-9;/h4-8H,12H2,1-3H3;1H/t8-;/m0./s1. The maximum atomic E-state index is 11.6. The van der Waals surface area contributed by atoms with E-state index >= 15 is 0 Å². The van der Waals surface area contributed by atoms with Gasteiger partial charge in [-0.15, -0.1) is 24.2 Å². The van der Waals surface area contributed by atoms with E-state index in [0.717, 1.165) is 5.69 Å². The molecule has 0 heterocycles. The second kappa shape index (κ2) is 6.78. The number of likely N-dealkylation sites (N-methyl/N-ethyl adjacent to an activating group) is 1. The number of hydrogen-bond acceptors (Lipinski definition) is 3. The first-order chi connectivity index (χ1) is 7.06. The number of nitrogens with zero attached hydrogens (tertiary/aromatic N) is 1. The van der Waals surface area contributed by atoms with E-state index in [1.165, 1.54) is 4.90 Å². The Hall–Kier alpha value is -0.710. The molecule has 0 unspecified atom stereocenters. The van der Waals surface area contributed by atoms with Crippen molar-refractivity contribution >= 4 is 35.8 Å². The normalized spacial score (nSPS) is 11.5. The number of hydrogen-bond donors (Lipinski definition) is 1. The number of anilines is 1. The Kier molecular flexibility index (Phi) is 6.48. The van der Waals surface area contributed by atoms with Crippen LogP contribution in [0.2, 0.25) is 0 Å². The van der Waals surface area contributed by atoms with Crippen LogP contribution in [0.3, 0.4) is 0 Å². The molecule has 1 aromatic rings. The van der Waals surface area contributed by atoms with E-state index in [-0.39, 0.29) is 18.3 Å². The van der Waals surface area contributed by atoms with Gasteiger partial charge in [-0.3, -0.25) is 4.79 Å². The monoisotopic (exact) mass is 260 g/mol. The summed E-state index contributed by atoms with van der Waals surface area (Å²) in [7, 11) is 1.74. The first kappa shape index (κ1) is 15.3. The van der Waals surface area contributed by atoms with E-state index < -0.39 is 6.04 Å².